The number of hydrogen-bond donors (Lipinski definition) is 4. The van der Waals surface area contributed by atoms with Crippen LogP contribution in [0.1, 0.15) is 61.0 Å². The second kappa shape index (κ2) is 6.90. The Labute approximate surface area is 167 Å². The summed E-state index contributed by atoms with van der Waals surface area (Å²) in [5, 5.41) is 15.8. The number of H-pyrrole nitrogens is 2. The van der Waals surface area contributed by atoms with Gasteiger partial charge in [0.05, 0.1) is 6.04 Å². The van der Waals surface area contributed by atoms with Gasteiger partial charge in [0.15, 0.2) is 4.77 Å². The fraction of sp³-hybridized carbons (Fsp3) is 0.429. The van der Waals surface area contributed by atoms with Gasteiger partial charge >= 0.3 is 0 Å². The van der Waals surface area contributed by atoms with Gasteiger partial charge in [0.1, 0.15) is 5.56 Å². The molecular formula is C21H24N4O2S. The molecule has 3 heterocycles. The fourth-order valence-electron chi connectivity index (χ4n) is 4.92. The average Bonchev–Trinajstić information content (AvgIpc) is 3.08. The third-order valence-electron chi connectivity index (χ3n) is 6.24. The van der Waals surface area contributed by atoms with Crippen LogP contribution in [0, 0.1) is 4.77 Å². The summed E-state index contributed by atoms with van der Waals surface area (Å²) in [6, 6.07) is 7.93. The number of aromatic nitrogens is 3. The molecule has 0 bridgehead atoms. The number of benzene rings is 1. The van der Waals surface area contributed by atoms with Gasteiger partial charge in [-0.1, -0.05) is 37.5 Å². The van der Waals surface area contributed by atoms with Crippen molar-refractivity contribution in [3.63, 3.8) is 0 Å². The maximum absolute atomic E-state index is 12.9. The first-order valence-electron chi connectivity index (χ1n) is 10.1. The van der Waals surface area contributed by atoms with Crippen LogP contribution >= 0.6 is 12.2 Å². The van der Waals surface area contributed by atoms with Crippen molar-refractivity contribution in [2.75, 3.05) is 6.54 Å². The Balaban J connectivity index is 1.69. The Morgan fingerprint density at radius 3 is 2.71 bits per heavy atom. The van der Waals surface area contributed by atoms with E-state index in [1.165, 1.54) is 17.4 Å². The SMILES string of the molecule is O=c1[nH]c(=S)n(C2CCCCC2)c(O)c1[C@H]1NCCc2c1[nH]c1ccccc21. The molecule has 6 nitrogen and oxygen atoms in total. The van der Waals surface area contributed by atoms with Crippen molar-refractivity contribution in [1.29, 1.82) is 0 Å². The van der Waals surface area contributed by atoms with E-state index in [0.29, 0.717) is 10.3 Å². The van der Waals surface area contributed by atoms with Gasteiger partial charge in [0.25, 0.3) is 5.56 Å². The molecule has 0 saturated heterocycles. The lowest BCUT2D eigenvalue weighted by Crippen LogP contribution is -2.35. The standard InChI is InChI=1S/C21H24N4O2S/c26-19-16(20(27)25(21(28)24-19)12-6-2-1-3-7-12)18-17-14(10-11-22-18)13-8-4-5-9-15(13)23-17/h4-5,8-9,12,18,22-23,27H,1-3,6-7,10-11H2,(H,24,26,28)/t18-/m1/s1. The highest BCUT2D eigenvalue weighted by atomic mass is 32.1. The van der Waals surface area contributed by atoms with Crippen LogP contribution in [0.15, 0.2) is 29.1 Å². The minimum atomic E-state index is -0.384. The summed E-state index contributed by atoms with van der Waals surface area (Å²) >= 11 is 5.42. The quantitative estimate of drug-likeness (QED) is 0.496. The summed E-state index contributed by atoms with van der Waals surface area (Å²) in [6.45, 7) is 0.747. The normalized spacial score (nSPS) is 20.4. The second-order valence-electron chi connectivity index (χ2n) is 7.86. The molecule has 2 aromatic heterocycles. The number of fused-ring (bicyclic) bond motifs is 3. The van der Waals surface area contributed by atoms with E-state index in [0.717, 1.165) is 49.9 Å². The number of aromatic hydroxyl groups is 1. The number of nitrogens with zero attached hydrogens (tertiary/aromatic N) is 1. The van der Waals surface area contributed by atoms with Gasteiger partial charge in [-0.15, -0.1) is 0 Å². The number of aromatic amines is 2. The van der Waals surface area contributed by atoms with E-state index in [2.05, 4.69) is 21.4 Å². The van der Waals surface area contributed by atoms with Gasteiger partial charge in [0, 0.05) is 29.2 Å². The molecule has 2 aliphatic rings. The lowest BCUT2D eigenvalue weighted by atomic mass is 9.93. The molecule has 1 saturated carbocycles. The summed E-state index contributed by atoms with van der Waals surface area (Å²) < 4.78 is 2.08. The van der Waals surface area contributed by atoms with Gasteiger partial charge in [0.2, 0.25) is 5.88 Å². The second-order valence-corrected chi connectivity index (χ2v) is 8.25. The lowest BCUT2D eigenvalue weighted by Gasteiger charge is -2.29. The zero-order valence-electron chi connectivity index (χ0n) is 15.6. The molecule has 5 rings (SSSR count). The van der Waals surface area contributed by atoms with Gasteiger partial charge in [-0.2, -0.15) is 0 Å². The molecule has 3 aromatic rings. The highest BCUT2D eigenvalue weighted by molar-refractivity contribution is 7.71. The summed E-state index contributed by atoms with van der Waals surface area (Å²) in [7, 11) is 0. The van der Waals surface area contributed by atoms with Crippen LogP contribution in [0.2, 0.25) is 0 Å². The molecule has 146 valence electrons. The van der Waals surface area contributed by atoms with Crippen molar-refractivity contribution >= 4 is 23.1 Å². The highest BCUT2D eigenvalue weighted by Crippen LogP contribution is 2.37. The van der Waals surface area contributed by atoms with E-state index >= 15 is 0 Å². The average molecular weight is 397 g/mol. The molecule has 28 heavy (non-hydrogen) atoms. The van der Waals surface area contributed by atoms with Crippen molar-refractivity contribution in [3.8, 4) is 5.88 Å². The third kappa shape index (κ3) is 2.72. The minimum Gasteiger partial charge on any atom is -0.494 e. The molecule has 0 amide bonds. The maximum atomic E-state index is 12.9. The molecule has 1 aliphatic carbocycles. The molecule has 0 unspecified atom stereocenters. The maximum Gasteiger partial charge on any atom is 0.260 e. The van der Waals surface area contributed by atoms with Crippen molar-refractivity contribution < 1.29 is 5.11 Å². The van der Waals surface area contributed by atoms with Crippen molar-refractivity contribution in [1.82, 2.24) is 19.9 Å². The zero-order valence-corrected chi connectivity index (χ0v) is 16.4. The van der Waals surface area contributed by atoms with E-state index in [4.69, 9.17) is 12.2 Å². The first-order valence-corrected chi connectivity index (χ1v) is 10.5. The molecule has 1 aromatic carbocycles. The molecule has 7 heteroatoms. The van der Waals surface area contributed by atoms with Crippen LogP contribution in [0.4, 0.5) is 0 Å². The fourth-order valence-corrected chi connectivity index (χ4v) is 5.25. The van der Waals surface area contributed by atoms with Crippen LogP contribution in [0.3, 0.4) is 0 Å². The molecule has 1 aliphatic heterocycles. The van der Waals surface area contributed by atoms with E-state index in [1.54, 1.807) is 4.57 Å². The van der Waals surface area contributed by atoms with Crippen molar-refractivity contribution in [2.45, 2.75) is 50.6 Å². The molecule has 1 atom stereocenters. The van der Waals surface area contributed by atoms with Crippen LogP contribution < -0.4 is 10.9 Å². The highest BCUT2D eigenvalue weighted by Gasteiger charge is 2.31. The Bertz CT molecular complexity index is 1150. The Morgan fingerprint density at radius 2 is 1.89 bits per heavy atom. The Hall–Kier alpha value is -2.38. The third-order valence-corrected chi connectivity index (χ3v) is 6.54. The number of rotatable bonds is 2. The van der Waals surface area contributed by atoms with Crippen LogP contribution in [-0.4, -0.2) is 26.2 Å². The van der Waals surface area contributed by atoms with E-state index < -0.39 is 0 Å². The van der Waals surface area contributed by atoms with Gasteiger partial charge in [-0.3, -0.25) is 14.3 Å². The lowest BCUT2D eigenvalue weighted by molar-refractivity contribution is 0.297. The van der Waals surface area contributed by atoms with Gasteiger partial charge < -0.3 is 15.4 Å². The smallest absolute Gasteiger partial charge is 0.260 e. The first kappa shape index (κ1) is 17.7. The zero-order chi connectivity index (χ0) is 19.3. The van der Waals surface area contributed by atoms with Crippen molar-refractivity contribution in [3.05, 3.63) is 56.2 Å². The largest absolute Gasteiger partial charge is 0.494 e. The minimum absolute atomic E-state index is 0.00431. The predicted octanol–water partition coefficient (Wildman–Crippen LogP) is 3.83. The summed E-state index contributed by atoms with van der Waals surface area (Å²) in [4.78, 5) is 19.2. The first-order chi connectivity index (χ1) is 13.6. The van der Waals surface area contributed by atoms with Gasteiger partial charge in [-0.25, -0.2) is 0 Å². The topological polar surface area (TPSA) is 85.8 Å². The number of nitrogens with one attached hydrogen (secondary N) is 3. The molecule has 0 radical (unpaired) electrons. The number of para-hydroxylation sites is 1. The van der Waals surface area contributed by atoms with E-state index in [-0.39, 0.29) is 23.5 Å². The summed E-state index contributed by atoms with van der Waals surface area (Å²) in [6.07, 6.45) is 6.29. The van der Waals surface area contributed by atoms with Crippen LogP contribution in [-0.2, 0) is 6.42 Å². The number of hydrogen-bond acceptors (Lipinski definition) is 4. The molecule has 1 fully saturated rings. The van der Waals surface area contributed by atoms with Gasteiger partial charge in [-0.05, 0) is 43.1 Å². The Kier molecular flexibility index (Phi) is 4.36. The summed E-state index contributed by atoms with van der Waals surface area (Å²) in [5.41, 5.74) is 3.26. The van der Waals surface area contributed by atoms with E-state index in [9.17, 15) is 9.90 Å². The van der Waals surface area contributed by atoms with Crippen LogP contribution in [0.5, 0.6) is 5.88 Å². The van der Waals surface area contributed by atoms with E-state index in [1.807, 2.05) is 18.2 Å². The molecular weight excluding hydrogens is 372 g/mol. The predicted molar refractivity (Wildman–Crippen MR) is 112 cm³/mol. The van der Waals surface area contributed by atoms with Crippen molar-refractivity contribution in [2.24, 2.45) is 0 Å². The molecule has 0 spiro atoms. The summed E-state index contributed by atoms with van der Waals surface area (Å²) in [5.74, 6) is 0.00431. The Morgan fingerprint density at radius 1 is 1.11 bits per heavy atom. The van der Waals surface area contributed by atoms with Crippen LogP contribution in [0.25, 0.3) is 10.9 Å². The molecule has 4 N–H and O–H groups in total. The monoisotopic (exact) mass is 396 g/mol.